The summed E-state index contributed by atoms with van der Waals surface area (Å²) in [6, 6.07) is 19.9. The van der Waals surface area contributed by atoms with Crippen molar-refractivity contribution in [3.63, 3.8) is 0 Å². The molecule has 34 heavy (non-hydrogen) atoms. The van der Waals surface area contributed by atoms with Crippen LogP contribution in [0.15, 0.2) is 82.7 Å². The number of aromatic carboxylic acids is 1. The standard InChI is InChI=1S/C26H21FN2O4S/c1-2-29-24(30)23(34-26(29)28-20-8-5-7-18(15-20)25(31)32)14-17-10-12-21(13-11-17)33-16-19-6-3-4-9-22(19)27/h3-15H,2,16H2,1H3,(H,31,32)/b23-14-,28-26?. The zero-order chi connectivity index (χ0) is 24.1. The normalized spacial score (nSPS) is 15.8. The average molecular weight is 477 g/mol. The molecule has 6 nitrogen and oxygen atoms in total. The number of thioether (sulfide) groups is 1. The van der Waals surface area contributed by atoms with Gasteiger partial charge in [0.2, 0.25) is 0 Å². The molecule has 0 radical (unpaired) electrons. The molecule has 0 unspecified atom stereocenters. The van der Waals surface area contributed by atoms with E-state index in [0.717, 1.165) is 5.56 Å². The van der Waals surface area contributed by atoms with Gasteiger partial charge in [-0.25, -0.2) is 14.2 Å². The first kappa shape index (κ1) is 23.3. The van der Waals surface area contributed by atoms with Crippen molar-refractivity contribution in [2.24, 2.45) is 4.99 Å². The van der Waals surface area contributed by atoms with Gasteiger partial charge < -0.3 is 9.84 Å². The van der Waals surface area contributed by atoms with Gasteiger partial charge in [0.15, 0.2) is 5.17 Å². The van der Waals surface area contributed by atoms with Crippen molar-refractivity contribution in [1.82, 2.24) is 4.90 Å². The van der Waals surface area contributed by atoms with Crippen LogP contribution in [0.3, 0.4) is 0 Å². The van der Waals surface area contributed by atoms with Gasteiger partial charge in [0.05, 0.1) is 16.2 Å². The second-order valence-electron chi connectivity index (χ2n) is 7.36. The van der Waals surface area contributed by atoms with Gasteiger partial charge in [-0.2, -0.15) is 0 Å². The van der Waals surface area contributed by atoms with Crippen LogP contribution in [0.25, 0.3) is 6.08 Å². The van der Waals surface area contributed by atoms with E-state index in [4.69, 9.17) is 4.74 Å². The van der Waals surface area contributed by atoms with Gasteiger partial charge in [0, 0.05) is 12.1 Å². The van der Waals surface area contributed by atoms with Crippen LogP contribution in [0.1, 0.15) is 28.4 Å². The third-order valence-corrected chi connectivity index (χ3v) is 6.06. The topological polar surface area (TPSA) is 79.2 Å². The summed E-state index contributed by atoms with van der Waals surface area (Å²) in [6.45, 7) is 2.41. The van der Waals surface area contributed by atoms with Crippen molar-refractivity contribution in [2.75, 3.05) is 6.54 Å². The maximum absolute atomic E-state index is 13.7. The molecule has 0 saturated carbocycles. The molecular formula is C26H21FN2O4S. The number of rotatable bonds is 7. The number of halogens is 1. The number of ether oxygens (including phenoxy) is 1. The van der Waals surface area contributed by atoms with Crippen LogP contribution >= 0.6 is 11.8 Å². The number of hydrogen-bond donors (Lipinski definition) is 1. The Morgan fingerprint density at radius 3 is 2.59 bits per heavy atom. The zero-order valence-electron chi connectivity index (χ0n) is 18.3. The van der Waals surface area contributed by atoms with Crippen molar-refractivity contribution in [2.45, 2.75) is 13.5 Å². The molecule has 1 saturated heterocycles. The van der Waals surface area contributed by atoms with Crippen molar-refractivity contribution in [3.05, 3.63) is 100 Å². The highest BCUT2D eigenvalue weighted by Gasteiger charge is 2.32. The summed E-state index contributed by atoms with van der Waals surface area (Å²) in [5.74, 6) is -0.924. The molecule has 8 heteroatoms. The minimum absolute atomic E-state index is 0.121. The SMILES string of the molecule is CCN1C(=O)/C(=C/c2ccc(OCc3ccccc3F)cc2)SC1=Nc1cccc(C(=O)O)c1. The summed E-state index contributed by atoms with van der Waals surface area (Å²) < 4.78 is 19.4. The molecule has 0 spiro atoms. The molecule has 3 aromatic rings. The summed E-state index contributed by atoms with van der Waals surface area (Å²) in [6.07, 6.45) is 1.77. The lowest BCUT2D eigenvalue weighted by molar-refractivity contribution is -0.122. The molecule has 0 atom stereocenters. The summed E-state index contributed by atoms with van der Waals surface area (Å²) in [5.41, 5.74) is 1.87. The number of likely N-dealkylation sites (N-methyl/N-ethyl adjacent to an activating group) is 1. The summed E-state index contributed by atoms with van der Waals surface area (Å²) in [7, 11) is 0. The molecule has 172 valence electrons. The summed E-state index contributed by atoms with van der Waals surface area (Å²) in [4.78, 5) is 30.7. The maximum Gasteiger partial charge on any atom is 0.335 e. The fourth-order valence-electron chi connectivity index (χ4n) is 3.28. The van der Waals surface area contributed by atoms with E-state index in [1.54, 1.807) is 53.4 Å². The predicted octanol–water partition coefficient (Wildman–Crippen LogP) is 5.73. The second-order valence-corrected chi connectivity index (χ2v) is 8.37. The molecule has 1 aliphatic heterocycles. The van der Waals surface area contributed by atoms with Crippen LogP contribution in [0, 0.1) is 5.82 Å². The first-order chi connectivity index (χ1) is 16.4. The molecule has 1 N–H and O–H groups in total. The Labute approximate surface area is 200 Å². The first-order valence-corrected chi connectivity index (χ1v) is 11.4. The highest BCUT2D eigenvalue weighted by molar-refractivity contribution is 8.18. The molecule has 1 aliphatic rings. The lowest BCUT2D eigenvalue weighted by atomic mass is 10.2. The Balaban J connectivity index is 1.49. The number of carbonyl (C=O) groups is 2. The Morgan fingerprint density at radius 1 is 1.12 bits per heavy atom. The van der Waals surface area contributed by atoms with Crippen LogP contribution in [0.2, 0.25) is 0 Å². The predicted molar refractivity (Wildman–Crippen MR) is 131 cm³/mol. The molecule has 1 heterocycles. The van der Waals surface area contributed by atoms with E-state index in [0.29, 0.717) is 33.6 Å². The summed E-state index contributed by atoms with van der Waals surface area (Å²) >= 11 is 1.24. The third-order valence-electron chi connectivity index (χ3n) is 5.05. The van der Waals surface area contributed by atoms with Crippen molar-refractivity contribution < 1.29 is 23.8 Å². The highest BCUT2D eigenvalue weighted by Crippen LogP contribution is 2.34. The average Bonchev–Trinajstić information content (AvgIpc) is 3.13. The number of carbonyl (C=O) groups excluding carboxylic acids is 1. The van der Waals surface area contributed by atoms with Crippen LogP contribution in [0.4, 0.5) is 10.1 Å². The molecule has 4 rings (SSSR count). The maximum atomic E-state index is 13.7. The van der Waals surface area contributed by atoms with Crippen LogP contribution in [-0.2, 0) is 11.4 Å². The molecule has 0 aliphatic carbocycles. The van der Waals surface area contributed by atoms with Gasteiger partial charge in [0.1, 0.15) is 18.2 Å². The number of amides is 1. The van der Waals surface area contributed by atoms with Crippen molar-refractivity contribution >= 4 is 40.6 Å². The van der Waals surface area contributed by atoms with E-state index in [2.05, 4.69) is 4.99 Å². The van der Waals surface area contributed by atoms with Gasteiger partial charge in [0.25, 0.3) is 5.91 Å². The first-order valence-electron chi connectivity index (χ1n) is 10.5. The fourth-order valence-corrected chi connectivity index (χ4v) is 4.34. The number of nitrogens with zero attached hydrogens (tertiary/aromatic N) is 2. The van der Waals surface area contributed by atoms with E-state index in [9.17, 15) is 19.1 Å². The quantitative estimate of drug-likeness (QED) is 0.441. The molecular weight excluding hydrogens is 455 g/mol. The van der Waals surface area contributed by atoms with Gasteiger partial charge in [-0.05, 0) is 66.7 Å². The number of aliphatic imine (C=N–C) groups is 1. The van der Waals surface area contributed by atoms with Crippen LogP contribution in [0.5, 0.6) is 5.75 Å². The van der Waals surface area contributed by atoms with Gasteiger partial charge in [-0.3, -0.25) is 9.69 Å². The van der Waals surface area contributed by atoms with Crippen LogP contribution < -0.4 is 4.74 Å². The minimum atomic E-state index is -1.04. The molecule has 0 aromatic heterocycles. The lowest BCUT2D eigenvalue weighted by Crippen LogP contribution is -2.28. The van der Waals surface area contributed by atoms with E-state index in [1.807, 2.05) is 19.1 Å². The Hall–Kier alpha value is -3.91. The number of benzene rings is 3. The molecule has 3 aromatic carbocycles. The highest BCUT2D eigenvalue weighted by atomic mass is 32.2. The largest absolute Gasteiger partial charge is 0.489 e. The molecule has 1 fully saturated rings. The number of hydrogen-bond acceptors (Lipinski definition) is 5. The Morgan fingerprint density at radius 2 is 1.88 bits per heavy atom. The van der Waals surface area contributed by atoms with Gasteiger partial charge >= 0.3 is 5.97 Å². The third kappa shape index (κ3) is 5.35. The van der Waals surface area contributed by atoms with Crippen LogP contribution in [-0.4, -0.2) is 33.6 Å². The number of carboxylic acids is 1. The lowest BCUT2D eigenvalue weighted by Gasteiger charge is -2.12. The fraction of sp³-hybridized carbons (Fsp3) is 0.115. The molecule has 0 bridgehead atoms. The van der Waals surface area contributed by atoms with E-state index >= 15 is 0 Å². The monoisotopic (exact) mass is 476 g/mol. The second kappa shape index (κ2) is 10.4. The van der Waals surface area contributed by atoms with E-state index < -0.39 is 5.97 Å². The van der Waals surface area contributed by atoms with Crippen molar-refractivity contribution in [1.29, 1.82) is 0 Å². The summed E-state index contributed by atoms with van der Waals surface area (Å²) in [5, 5.41) is 9.68. The molecule has 1 amide bonds. The van der Waals surface area contributed by atoms with Gasteiger partial charge in [-0.15, -0.1) is 0 Å². The minimum Gasteiger partial charge on any atom is -0.489 e. The Bertz CT molecular complexity index is 1290. The number of carboxylic acid groups (broad SMARTS) is 1. The van der Waals surface area contributed by atoms with Crippen molar-refractivity contribution in [3.8, 4) is 5.75 Å². The smallest absolute Gasteiger partial charge is 0.335 e. The van der Waals surface area contributed by atoms with E-state index in [1.165, 1.54) is 30.0 Å². The number of amidine groups is 1. The Kier molecular flexibility index (Phi) is 7.08. The zero-order valence-corrected chi connectivity index (χ0v) is 19.1. The van der Waals surface area contributed by atoms with Gasteiger partial charge in [-0.1, -0.05) is 36.4 Å². The van der Waals surface area contributed by atoms with E-state index in [-0.39, 0.29) is 23.9 Å².